The van der Waals surface area contributed by atoms with Gasteiger partial charge in [0.2, 0.25) is 0 Å². The van der Waals surface area contributed by atoms with Crippen LogP contribution in [-0.2, 0) is 9.53 Å². The molecule has 2 rings (SSSR count). The first-order valence-corrected chi connectivity index (χ1v) is 7.76. The van der Waals surface area contributed by atoms with Crippen LogP contribution in [-0.4, -0.2) is 49.7 Å². The normalized spacial score (nSPS) is 28.0. The minimum atomic E-state index is -0.0423. The molecule has 0 radical (unpaired) electrons. The summed E-state index contributed by atoms with van der Waals surface area (Å²) in [4.78, 5) is 14.5. The first-order valence-electron chi connectivity index (χ1n) is 7.76. The third-order valence-electron chi connectivity index (χ3n) is 4.71. The molecule has 1 heterocycles. The van der Waals surface area contributed by atoms with Crippen molar-refractivity contribution in [3.8, 4) is 0 Å². The summed E-state index contributed by atoms with van der Waals surface area (Å²) in [5.41, 5.74) is 0. The van der Waals surface area contributed by atoms with Gasteiger partial charge in [-0.05, 0) is 19.3 Å². The minimum absolute atomic E-state index is 0.0369. The molecule has 19 heavy (non-hydrogen) atoms. The van der Waals surface area contributed by atoms with Gasteiger partial charge in [-0.3, -0.25) is 9.69 Å². The molecular formula is C15H28N2O2. The van der Waals surface area contributed by atoms with Crippen LogP contribution >= 0.6 is 0 Å². The molecule has 1 N–H and O–H groups in total. The van der Waals surface area contributed by atoms with Gasteiger partial charge >= 0.3 is 5.97 Å². The number of ether oxygens (including phenoxy) is 1. The number of rotatable bonds is 4. The molecule has 0 aromatic heterocycles. The van der Waals surface area contributed by atoms with Gasteiger partial charge in [0, 0.05) is 25.7 Å². The molecule has 0 bridgehead atoms. The zero-order chi connectivity index (χ0) is 13.7. The van der Waals surface area contributed by atoms with Crippen molar-refractivity contribution in [2.24, 2.45) is 5.92 Å². The quantitative estimate of drug-likeness (QED) is 0.789. The van der Waals surface area contributed by atoms with Crippen molar-refractivity contribution >= 4 is 5.97 Å². The second kappa shape index (κ2) is 7.25. The summed E-state index contributed by atoms with van der Waals surface area (Å²) < 4.78 is 5.05. The average Bonchev–Trinajstić information content (AvgIpc) is 2.46. The van der Waals surface area contributed by atoms with Crippen molar-refractivity contribution in [2.75, 3.05) is 26.7 Å². The molecule has 110 valence electrons. The fraction of sp³-hybridized carbons (Fsp3) is 0.933. The number of carbonyl (C=O) groups is 1. The smallest absolute Gasteiger partial charge is 0.323 e. The maximum Gasteiger partial charge on any atom is 0.323 e. The van der Waals surface area contributed by atoms with E-state index in [2.05, 4.69) is 17.1 Å². The second-order valence-corrected chi connectivity index (χ2v) is 6.07. The Hall–Kier alpha value is -0.610. The highest BCUT2D eigenvalue weighted by molar-refractivity contribution is 5.75. The Labute approximate surface area is 116 Å². The van der Waals surface area contributed by atoms with Gasteiger partial charge in [0.25, 0.3) is 0 Å². The second-order valence-electron chi connectivity index (χ2n) is 6.07. The lowest BCUT2D eigenvalue weighted by molar-refractivity contribution is -0.149. The summed E-state index contributed by atoms with van der Waals surface area (Å²) in [5.74, 6) is 0.666. The molecule has 1 unspecified atom stereocenters. The number of hydrogen-bond acceptors (Lipinski definition) is 4. The van der Waals surface area contributed by atoms with Crippen LogP contribution in [0.4, 0.5) is 0 Å². The molecular weight excluding hydrogens is 240 g/mol. The van der Waals surface area contributed by atoms with Gasteiger partial charge in [0.1, 0.15) is 6.04 Å². The lowest BCUT2D eigenvalue weighted by Crippen LogP contribution is -2.56. The average molecular weight is 268 g/mol. The summed E-state index contributed by atoms with van der Waals surface area (Å²) in [5, 5.41) is 3.39. The summed E-state index contributed by atoms with van der Waals surface area (Å²) in [6, 6.07) is 0.381. The van der Waals surface area contributed by atoms with E-state index >= 15 is 0 Å². The van der Waals surface area contributed by atoms with E-state index in [0.717, 1.165) is 26.1 Å². The SMILES string of the molecule is COC(=O)C(CC1CCCCC1)N1CCNC[C@H]1C. The zero-order valence-electron chi connectivity index (χ0n) is 12.4. The van der Waals surface area contributed by atoms with Gasteiger partial charge < -0.3 is 10.1 Å². The van der Waals surface area contributed by atoms with Gasteiger partial charge in [0.05, 0.1) is 7.11 Å². The Bertz CT molecular complexity index is 290. The van der Waals surface area contributed by atoms with Crippen LogP contribution in [0.3, 0.4) is 0 Å². The first-order chi connectivity index (χ1) is 9.22. The van der Waals surface area contributed by atoms with E-state index in [1.54, 1.807) is 0 Å². The predicted molar refractivity (Wildman–Crippen MR) is 76.0 cm³/mol. The lowest BCUT2D eigenvalue weighted by Gasteiger charge is -2.40. The summed E-state index contributed by atoms with van der Waals surface area (Å²) in [6.45, 7) is 5.09. The molecule has 0 amide bonds. The van der Waals surface area contributed by atoms with E-state index in [4.69, 9.17) is 4.74 Å². The maximum atomic E-state index is 12.1. The molecule has 4 nitrogen and oxygen atoms in total. The van der Waals surface area contributed by atoms with Crippen molar-refractivity contribution in [3.05, 3.63) is 0 Å². The topological polar surface area (TPSA) is 41.6 Å². The van der Waals surface area contributed by atoms with E-state index < -0.39 is 0 Å². The summed E-state index contributed by atoms with van der Waals surface area (Å²) in [7, 11) is 1.52. The third kappa shape index (κ3) is 3.93. The number of nitrogens with one attached hydrogen (secondary N) is 1. The van der Waals surface area contributed by atoms with Crippen LogP contribution in [0.25, 0.3) is 0 Å². The molecule has 1 aliphatic heterocycles. The molecule has 2 atom stereocenters. The summed E-state index contributed by atoms with van der Waals surface area (Å²) in [6.07, 6.45) is 7.58. The number of methoxy groups -OCH3 is 1. The van der Waals surface area contributed by atoms with Crippen molar-refractivity contribution in [3.63, 3.8) is 0 Å². The number of hydrogen-bond donors (Lipinski definition) is 1. The van der Waals surface area contributed by atoms with Crippen LogP contribution in [0.5, 0.6) is 0 Å². The monoisotopic (exact) mass is 268 g/mol. The van der Waals surface area contributed by atoms with E-state index in [9.17, 15) is 4.79 Å². The van der Waals surface area contributed by atoms with Crippen LogP contribution < -0.4 is 5.32 Å². The fourth-order valence-electron chi connectivity index (χ4n) is 3.56. The zero-order valence-corrected chi connectivity index (χ0v) is 12.4. The molecule has 1 aliphatic carbocycles. The largest absolute Gasteiger partial charge is 0.468 e. The van der Waals surface area contributed by atoms with Gasteiger partial charge in [-0.25, -0.2) is 0 Å². The standard InChI is InChI=1S/C15H28N2O2/c1-12-11-16-8-9-17(12)14(15(18)19-2)10-13-6-4-3-5-7-13/h12-14,16H,3-11H2,1-2H3/t12-,14?/m1/s1. The number of esters is 1. The Kier molecular flexibility index (Phi) is 5.64. The van der Waals surface area contributed by atoms with Crippen LogP contribution in [0.2, 0.25) is 0 Å². The highest BCUT2D eigenvalue weighted by Gasteiger charge is 2.33. The van der Waals surface area contributed by atoms with Gasteiger partial charge in [-0.15, -0.1) is 0 Å². The van der Waals surface area contributed by atoms with Crippen LogP contribution in [0.15, 0.2) is 0 Å². The van der Waals surface area contributed by atoms with Crippen molar-refractivity contribution in [1.82, 2.24) is 10.2 Å². The van der Waals surface area contributed by atoms with Crippen LogP contribution in [0, 0.1) is 5.92 Å². The number of nitrogens with zero attached hydrogens (tertiary/aromatic N) is 1. The Balaban J connectivity index is 1.99. The predicted octanol–water partition coefficient (Wildman–Crippen LogP) is 1.79. The molecule has 0 aromatic rings. The number of carbonyl (C=O) groups excluding carboxylic acids is 1. The van der Waals surface area contributed by atoms with Crippen molar-refractivity contribution < 1.29 is 9.53 Å². The van der Waals surface area contributed by atoms with Gasteiger partial charge in [-0.1, -0.05) is 32.1 Å². The van der Waals surface area contributed by atoms with E-state index in [0.29, 0.717) is 12.0 Å². The fourth-order valence-corrected chi connectivity index (χ4v) is 3.56. The molecule has 2 aliphatic rings. The van der Waals surface area contributed by atoms with Gasteiger partial charge in [0.15, 0.2) is 0 Å². The Morgan fingerprint density at radius 3 is 2.74 bits per heavy atom. The molecule has 1 saturated heterocycles. The van der Waals surface area contributed by atoms with Crippen molar-refractivity contribution in [2.45, 2.75) is 57.5 Å². The molecule has 4 heteroatoms. The van der Waals surface area contributed by atoms with Gasteiger partial charge in [-0.2, -0.15) is 0 Å². The molecule has 0 aromatic carbocycles. The van der Waals surface area contributed by atoms with Crippen molar-refractivity contribution in [1.29, 1.82) is 0 Å². The Morgan fingerprint density at radius 2 is 2.11 bits per heavy atom. The molecule has 1 saturated carbocycles. The number of piperazine rings is 1. The lowest BCUT2D eigenvalue weighted by atomic mass is 9.84. The highest BCUT2D eigenvalue weighted by atomic mass is 16.5. The van der Waals surface area contributed by atoms with E-state index in [1.807, 2.05) is 0 Å². The van der Waals surface area contributed by atoms with Crippen LogP contribution in [0.1, 0.15) is 45.4 Å². The minimum Gasteiger partial charge on any atom is -0.468 e. The van der Waals surface area contributed by atoms with E-state index in [1.165, 1.54) is 39.2 Å². The molecule has 0 spiro atoms. The Morgan fingerprint density at radius 1 is 1.37 bits per heavy atom. The summed E-state index contributed by atoms with van der Waals surface area (Å²) >= 11 is 0. The van der Waals surface area contributed by atoms with E-state index in [-0.39, 0.29) is 12.0 Å². The maximum absolute atomic E-state index is 12.1. The molecule has 2 fully saturated rings. The third-order valence-corrected chi connectivity index (χ3v) is 4.71. The first kappa shape index (κ1) is 14.8. The highest BCUT2D eigenvalue weighted by Crippen LogP contribution is 2.29.